The fourth-order valence-electron chi connectivity index (χ4n) is 3.68. The Balaban J connectivity index is 1.63. The van der Waals surface area contributed by atoms with E-state index in [1.807, 2.05) is 55.1 Å². The minimum atomic E-state index is -0.394. The van der Waals surface area contributed by atoms with Crippen molar-refractivity contribution in [3.63, 3.8) is 0 Å². The normalized spacial score (nSPS) is 12.1. The molecule has 0 spiro atoms. The first kappa shape index (κ1) is 19.8. The highest BCUT2D eigenvalue weighted by molar-refractivity contribution is 5.89. The highest BCUT2D eigenvalue weighted by Crippen LogP contribution is 2.28. The van der Waals surface area contributed by atoms with E-state index in [0.717, 1.165) is 39.2 Å². The second kappa shape index (κ2) is 8.06. The zero-order valence-corrected chi connectivity index (χ0v) is 17.6. The Morgan fingerprint density at radius 3 is 2.83 bits per heavy atom. The number of nitrogens with zero attached hydrogens (tertiary/aromatic N) is 2. The van der Waals surface area contributed by atoms with Crippen molar-refractivity contribution in [2.24, 2.45) is 7.05 Å². The van der Waals surface area contributed by atoms with E-state index in [2.05, 4.69) is 23.3 Å². The number of benzene rings is 2. The lowest BCUT2D eigenvalue weighted by Gasteiger charge is -2.19. The second-order valence-corrected chi connectivity index (χ2v) is 7.50. The zero-order chi connectivity index (χ0) is 21.3. The van der Waals surface area contributed by atoms with Crippen LogP contribution in [-0.2, 0) is 18.3 Å². The Morgan fingerprint density at radius 2 is 2.10 bits per heavy atom. The van der Waals surface area contributed by atoms with Crippen LogP contribution in [0.3, 0.4) is 0 Å². The number of rotatable bonds is 6. The van der Waals surface area contributed by atoms with Crippen molar-refractivity contribution in [2.75, 3.05) is 7.11 Å². The second-order valence-electron chi connectivity index (χ2n) is 7.50. The number of fused-ring (bicyclic) bond motifs is 1. The van der Waals surface area contributed by atoms with Gasteiger partial charge in [0.1, 0.15) is 23.2 Å². The van der Waals surface area contributed by atoms with Gasteiger partial charge in [-0.1, -0.05) is 24.3 Å². The summed E-state index contributed by atoms with van der Waals surface area (Å²) in [6.45, 7) is 4.08. The summed E-state index contributed by atoms with van der Waals surface area (Å²) in [6.07, 6.45) is 5.49. The average Bonchev–Trinajstić information content (AvgIpc) is 3.35. The summed E-state index contributed by atoms with van der Waals surface area (Å²) in [5.41, 5.74) is 4.88. The minimum absolute atomic E-state index is 0.105. The zero-order valence-electron chi connectivity index (χ0n) is 17.6. The maximum absolute atomic E-state index is 13.0. The maximum atomic E-state index is 13.0. The predicted molar refractivity (Wildman–Crippen MR) is 116 cm³/mol. The molecule has 0 radical (unpaired) electrons. The van der Waals surface area contributed by atoms with Gasteiger partial charge in [0.25, 0.3) is 0 Å². The van der Waals surface area contributed by atoms with E-state index in [1.54, 1.807) is 19.6 Å². The van der Waals surface area contributed by atoms with Gasteiger partial charge in [-0.3, -0.25) is 4.79 Å². The third-order valence-electron chi connectivity index (χ3n) is 5.54. The maximum Gasteiger partial charge on any atom is 0.225 e. The van der Waals surface area contributed by atoms with Crippen molar-refractivity contribution in [2.45, 2.75) is 26.3 Å². The van der Waals surface area contributed by atoms with Crippen molar-refractivity contribution < 1.29 is 13.9 Å². The molecule has 0 aliphatic carbocycles. The fraction of sp³-hybridized carbons (Fsp3) is 0.250. The molecule has 1 unspecified atom stereocenters. The monoisotopic (exact) mass is 403 g/mol. The summed E-state index contributed by atoms with van der Waals surface area (Å²) in [6, 6.07) is 11.3. The molecule has 2 aromatic heterocycles. The summed E-state index contributed by atoms with van der Waals surface area (Å²) >= 11 is 0. The largest absolute Gasteiger partial charge is 0.497 e. The van der Waals surface area contributed by atoms with E-state index >= 15 is 0 Å². The van der Waals surface area contributed by atoms with Gasteiger partial charge in [-0.15, -0.1) is 0 Å². The summed E-state index contributed by atoms with van der Waals surface area (Å²) in [5, 5.41) is 4.11. The van der Waals surface area contributed by atoms with Crippen molar-refractivity contribution in [3.05, 3.63) is 83.1 Å². The number of aryl methyl sites for hydroxylation is 3. The van der Waals surface area contributed by atoms with Gasteiger partial charge in [0.15, 0.2) is 0 Å². The number of amides is 1. The van der Waals surface area contributed by atoms with Gasteiger partial charge in [0, 0.05) is 30.4 Å². The van der Waals surface area contributed by atoms with Crippen LogP contribution in [0.25, 0.3) is 11.0 Å². The van der Waals surface area contributed by atoms with E-state index in [4.69, 9.17) is 9.15 Å². The van der Waals surface area contributed by atoms with Crippen molar-refractivity contribution in [1.29, 1.82) is 0 Å². The van der Waals surface area contributed by atoms with Gasteiger partial charge >= 0.3 is 0 Å². The molecule has 2 heterocycles. The van der Waals surface area contributed by atoms with Crippen LogP contribution in [0.2, 0.25) is 0 Å². The van der Waals surface area contributed by atoms with Crippen LogP contribution in [0, 0.1) is 13.8 Å². The topological polar surface area (TPSA) is 69.3 Å². The van der Waals surface area contributed by atoms with Crippen molar-refractivity contribution in [3.8, 4) is 5.75 Å². The van der Waals surface area contributed by atoms with Gasteiger partial charge in [0.2, 0.25) is 5.91 Å². The van der Waals surface area contributed by atoms with Crippen LogP contribution >= 0.6 is 0 Å². The molecule has 154 valence electrons. The van der Waals surface area contributed by atoms with Crippen LogP contribution in [0.4, 0.5) is 0 Å². The summed E-state index contributed by atoms with van der Waals surface area (Å²) in [5.74, 6) is 1.37. The van der Waals surface area contributed by atoms with Crippen molar-refractivity contribution in [1.82, 2.24) is 14.9 Å². The summed E-state index contributed by atoms with van der Waals surface area (Å²) in [7, 11) is 3.54. The number of carbonyl (C=O) groups is 1. The number of methoxy groups -OCH3 is 1. The van der Waals surface area contributed by atoms with Crippen LogP contribution in [0.15, 0.2) is 59.5 Å². The summed E-state index contributed by atoms with van der Waals surface area (Å²) < 4.78 is 13.0. The molecule has 0 saturated heterocycles. The molecular formula is C24H25N3O3. The Kier molecular flexibility index (Phi) is 5.31. The van der Waals surface area contributed by atoms with E-state index < -0.39 is 6.04 Å². The number of hydrogen-bond donors (Lipinski definition) is 1. The number of aromatic nitrogens is 2. The van der Waals surface area contributed by atoms with E-state index in [0.29, 0.717) is 0 Å². The van der Waals surface area contributed by atoms with Gasteiger partial charge in [-0.05, 0) is 42.7 Å². The molecule has 0 aliphatic heterocycles. The first-order chi connectivity index (χ1) is 14.5. The number of imidazole rings is 1. The summed E-state index contributed by atoms with van der Waals surface area (Å²) in [4.78, 5) is 17.5. The van der Waals surface area contributed by atoms with Gasteiger partial charge < -0.3 is 19.0 Å². The molecule has 1 N–H and O–H groups in total. The Morgan fingerprint density at radius 1 is 1.27 bits per heavy atom. The number of furan rings is 1. The smallest absolute Gasteiger partial charge is 0.225 e. The Bertz CT molecular complexity index is 1210. The standard InChI is InChI=1S/C24H25N3O3/c1-15-8-9-20-18(14-30-23(20)16(15)2)13-21(28)26-22(24-25-10-11-27(24)3)17-6-5-7-19(12-17)29-4/h5-12,14,22H,13H2,1-4H3,(H,26,28). The van der Waals surface area contributed by atoms with Crippen LogP contribution in [0.1, 0.15) is 34.1 Å². The SMILES string of the molecule is COc1cccc(C(NC(=O)Cc2coc3c(C)c(C)ccc23)c2nccn2C)c1. The molecule has 0 aliphatic rings. The number of hydrogen-bond acceptors (Lipinski definition) is 4. The third-order valence-corrected chi connectivity index (χ3v) is 5.54. The fourth-order valence-corrected chi connectivity index (χ4v) is 3.68. The lowest BCUT2D eigenvalue weighted by atomic mass is 10.0. The molecule has 4 rings (SSSR count). The number of ether oxygens (including phenoxy) is 1. The molecule has 1 amide bonds. The molecule has 0 fully saturated rings. The van der Waals surface area contributed by atoms with E-state index in [9.17, 15) is 4.79 Å². The van der Waals surface area contributed by atoms with Gasteiger partial charge in [-0.25, -0.2) is 4.98 Å². The van der Waals surface area contributed by atoms with Crippen molar-refractivity contribution >= 4 is 16.9 Å². The van der Waals surface area contributed by atoms with Crippen LogP contribution in [0.5, 0.6) is 5.75 Å². The van der Waals surface area contributed by atoms with Crippen LogP contribution < -0.4 is 10.1 Å². The first-order valence-corrected chi connectivity index (χ1v) is 9.84. The van der Waals surface area contributed by atoms with E-state index in [-0.39, 0.29) is 12.3 Å². The molecule has 6 nitrogen and oxygen atoms in total. The quantitative estimate of drug-likeness (QED) is 0.523. The molecule has 1 atom stereocenters. The Labute approximate surface area is 175 Å². The molecule has 6 heteroatoms. The van der Waals surface area contributed by atoms with Gasteiger partial charge in [-0.2, -0.15) is 0 Å². The predicted octanol–water partition coefficient (Wildman–Crippen LogP) is 4.24. The molecular weight excluding hydrogens is 378 g/mol. The van der Waals surface area contributed by atoms with Crippen LogP contribution in [-0.4, -0.2) is 22.6 Å². The highest BCUT2D eigenvalue weighted by atomic mass is 16.5. The lowest BCUT2D eigenvalue weighted by molar-refractivity contribution is -0.121. The number of nitrogens with one attached hydrogen (secondary N) is 1. The molecule has 4 aromatic rings. The number of carbonyl (C=O) groups excluding carboxylic acids is 1. The molecule has 30 heavy (non-hydrogen) atoms. The highest BCUT2D eigenvalue weighted by Gasteiger charge is 2.22. The molecule has 2 aromatic carbocycles. The Hall–Kier alpha value is -3.54. The minimum Gasteiger partial charge on any atom is -0.497 e. The van der Waals surface area contributed by atoms with Gasteiger partial charge in [0.05, 0.1) is 19.8 Å². The third kappa shape index (κ3) is 3.68. The lowest BCUT2D eigenvalue weighted by Crippen LogP contribution is -2.32. The molecule has 0 saturated carbocycles. The first-order valence-electron chi connectivity index (χ1n) is 9.84. The average molecular weight is 403 g/mol. The molecule has 0 bridgehead atoms. The van der Waals surface area contributed by atoms with E-state index in [1.165, 1.54) is 5.56 Å².